The quantitative estimate of drug-likeness (QED) is 0.130. The molecule has 1 aliphatic heterocycles. The average molecular weight is 735 g/mol. The summed E-state index contributed by atoms with van der Waals surface area (Å²) < 4.78 is 172. The van der Waals surface area contributed by atoms with Crippen molar-refractivity contribution in [3.05, 3.63) is 112 Å². The Labute approximate surface area is 284 Å². The number of ether oxygens (including phenoxy) is 3. The monoisotopic (exact) mass is 734 g/mol. The first kappa shape index (κ1) is 38.0. The minimum Gasteiger partial charge on any atom is -0.429 e. The van der Waals surface area contributed by atoms with Gasteiger partial charge in [-0.1, -0.05) is 45.2 Å². The number of benzene rings is 4. The predicted molar refractivity (Wildman–Crippen MR) is 161 cm³/mol. The first-order valence-corrected chi connectivity index (χ1v) is 15.5. The largest absolute Gasteiger partial charge is 0.432 e. The molecule has 0 radical (unpaired) electrons. The van der Waals surface area contributed by atoms with E-state index in [4.69, 9.17) is 9.47 Å². The van der Waals surface area contributed by atoms with Gasteiger partial charge in [0.1, 0.15) is 51.8 Å². The molecule has 51 heavy (non-hydrogen) atoms. The van der Waals surface area contributed by atoms with Crippen LogP contribution < -0.4 is 4.74 Å². The molecule has 1 aliphatic rings. The third kappa shape index (κ3) is 8.00. The van der Waals surface area contributed by atoms with E-state index in [2.05, 4.69) is 11.7 Å². The molecule has 4 aromatic rings. The first-order valence-electron chi connectivity index (χ1n) is 15.5. The molecular formula is C36H29F11O4. The van der Waals surface area contributed by atoms with Gasteiger partial charge in [0.15, 0.2) is 0 Å². The zero-order valence-electron chi connectivity index (χ0n) is 26.8. The SMILES string of the molecule is CCCCCC1(C)COC(O)(c2ccc(-c3cc(F)c(C(F)(F)Oc4ccc(-c5cc(F)c(C(F)(F)F)c(F)c5)c(F)c4)c(F)c3)c(F)c2)OC1. The van der Waals surface area contributed by atoms with Crippen molar-refractivity contribution in [2.24, 2.45) is 5.41 Å². The van der Waals surface area contributed by atoms with Crippen LogP contribution in [0.15, 0.2) is 60.7 Å². The van der Waals surface area contributed by atoms with Crippen molar-refractivity contribution >= 4 is 0 Å². The molecule has 1 fully saturated rings. The maximum atomic E-state index is 15.2. The van der Waals surface area contributed by atoms with Crippen LogP contribution in [0.1, 0.15) is 56.2 Å². The van der Waals surface area contributed by atoms with Crippen LogP contribution in [0.2, 0.25) is 0 Å². The Morgan fingerprint density at radius 3 is 1.63 bits per heavy atom. The highest BCUT2D eigenvalue weighted by Gasteiger charge is 2.44. The van der Waals surface area contributed by atoms with Gasteiger partial charge >= 0.3 is 18.3 Å². The normalized spacial score (nSPS) is 19.7. The third-order valence-electron chi connectivity index (χ3n) is 8.42. The molecule has 5 rings (SSSR count). The maximum absolute atomic E-state index is 15.2. The highest BCUT2D eigenvalue weighted by atomic mass is 19.4. The predicted octanol–water partition coefficient (Wildman–Crippen LogP) is 10.7. The summed E-state index contributed by atoms with van der Waals surface area (Å²) >= 11 is 0. The summed E-state index contributed by atoms with van der Waals surface area (Å²) in [5, 5.41) is 10.9. The van der Waals surface area contributed by atoms with Crippen molar-refractivity contribution in [1.29, 1.82) is 0 Å². The number of alkyl halides is 5. The van der Waals surface area contributed by atoms with Crippen LogP contribution in [0.3, 0.4) is 0 Å². The highest BCUT2D eigenvalue weighted by molar-refractivity contribution is 5.67. The molecule has 0 aliphatic carbocycles. The molecule has 15 heteroatoms. The molecule has 0 spiro atoms. The van der Waals surface area contributed by atoms with Crippen LogP contribution in [-0.4, -0.2) is 18.3 Å². The smallest absolute Gasteiger partial charge is 0.429 e. The van der Waals surface area contributed by atoms with E-state index >= 15 is 22.0 Å². The van der Waals surface area contributed by atoms with E-state index in [1.54, 1.807) is 0 Å². The van der Waals surface area contributed by atoms with Crippen LogP contribution in [0.25, 0.3) is 22.3 Å². The molecule has 1 saturated heterocycles. The van der Waals surface area contributed by atoms with Crippen molar-refractivity contribution in [1.82, 2.24) is 0 Å². The van der Waals surface area contributed by atoms with Gasteiger partial charge in [0.2, 0.25) is 0 Å². The van der Waals surface area contributed by atoms with Gasteiger partial charge < -0.3 is 19.3 Å². The fraction of sp³-hybridized carbons (Fsp3) is 0.333. The summed E-state index contributed by atoms with van der Waals surface area (Å²) in [6.45, 7) is 4.17. The second kappa shape index (κ2) is 14.1. The summed E-state index contributed by atoms with van der Waals surface area (Å²) in [6.07, 6.45) is -6.52. The topological polar surface area (TPSA) is 47.9 Å². The second-order valence-corrected chi connectivity index (χ2v) is 12.5. The minimum absolute atomic E-state index is 0.0979. The van der Waals surface area contributed by atoms with Crippen molar-refractivity contribution in [2.75, 3.05) is 13.2 Å². The van der Waals surface area contributed by atoms with E-state index in [-0.39, 0.29) is 37.0 Å². The number of rotatable bonds is 10. The Morgan fingerprint density at radius 2 is 1.16 bits per heavy atom. The van der Waals surface area contributed by atoms with E-state index in [0.717, 1.165) is 37.8 Å². The van der Waals surface area contributed by atoms with Crippen molar-refractivity contribution in [2.45, 2.75) is 57.8 Å². The Kier molecular flexibility index (Phi) is 10.5. The van der Waals surface area contributed by atoms with Gasteiger partial charge in [0.25, 0.3) is 0 Å². The maximum Gasteiger partial charge on any atom is 0.432 e. The Morgan fingerprint density at radius 1 is 0.667 bits per heavy atom. The number of unbranched alkanes of at least 4 members (excludes halogenated alkanes) is 2. The van der Waals surface area contributed by atoms with Gasteiger partial charge in [-0.05, 0) is 60.0 Å². The molecule has 0 saturated carbocycles. The number of hydrogen-bond donors (Lipinski definition) is 1. The number of halogens is 11. The van der Waals surface area contributed by atoms with E-state index in [9.17, 15) is 31.4 Å². The molecule has 0 amide bonds. The standard InChI is InChI=1S/C36H29F11O4/c1-3-4-5-10-33(2)17-49-36(48,50-18-33)21-6-8-23(25(37)15-21)20-13-29(41)32(30(42)14-20)35(46,47)51-22-7-9-24(26(38)16-22)19-11-27(39)31(28(40)12-19)34(43,44)45/h6-9,11-16,48H,3-5,10,17-18H2,1-2H3. The van der Waals surface area contributed by atoms with Gasteiger partial charge in [0, 0.05) is 28.2 Å². The summed E-state index contributed by atoms with van der Waals surface area (Å²) in [7, 11) is 0. The van der Waals surface area contributed by atoms with Crippen molar-refractivity contribution < 1.29 is 67.6 Å². The Balaban J connectivity index is 1.34. The van der Waals surface area contributed by atoms with Crippen LogP contribution >= 0.6 is 0 Å². The van der Waals surface area contributed by atoms with Crippen molar-refractivity contribution in [3.8, 4) is 28.0 Å². The van der Waals surface area contributed by atoms with Crippen LogP contribution in [0.4, 0.5) is 48.3 Å². The lowest BCUT2D eigenvalue weighted by Crippen LogP contribution is -2.46. The van der Waals surface area contributed by atoms with E-state index in [1.807, 2.05) is 6.92 Å². The average Bonchev–Trinajstić information content (AvgIpc) is 3.01. The van der Waals surface area contributed by atoms with Gasteiger partial charge in [-0.25, -0.2) is 26.3 Å². The number of hydrogen-bond acceptors (Lipinski definition) is 4. The zero-order valence-corrected chi connectivity index (χ0v) is 26.8. The summed E-state index contributed by atoms with van der Waals surface area (Å²) in [5.74, 6) is -13.8. The molecule has 0 aromatic heterocycles. The zero-order chi connectivity index (χ0) is 37.5. The van der Waals surface area contributed by atoms with Gasteiger partial charge in [0.05, 0.1) is 13.2 Å². The number of aliphatic hydroxyl groups is 1. The second-order valence-electron chi connectivity index (χ2n) is 12.5. The van der Waals surface area contributed by atoms with Gasteiger partial charge in [-0.3, -0.25) is 0 Å². The van der Waals surface area contributed by atoms with E-state index in [0.29, 0.717) is 24.3 Å². The summed E-state index contributed by atoms with van der Waals surface area (Å²) in [4.78, 5) is 0. The molecule has 0 unspecified atom stereocenters. The van der Waals surface area contributed by atoms with Crippen LogP contribution in [0, 0.1) is 40.3 Å². The van der Waals surface area contributed by atoms with E-state index in [1.165, 1.54) is 6.07 Å². The molecule has 0 atom stereocenters. The van der Waals surface area contributed by atoms with Gasteiger partial charge in [-0.2, -0.15) is 22.0 Å². The fourth-order valence-corrected chi connectivity index (χ4v) is 5.68. The highest BCUT2D eigenvalue weighted by Crippen LogP contribution is 2.42. The lowest BCUT2D eigenvalue weighted by Gasteiger charge is -2.42. The third-order valence-corrected chi connectivity index (χ3v) is 8.42. The lowest BCUT2D eigenvalue weighted by molar-refractivity contribution is -0.415. The summed E-state index contributed by atoms with van der Waals surface area (Å²) in [6, 6.07) is 5.72. The Bertz CT molecular complexity index is 1870. The molecule has 4 nitrogen and oxygen atoms in total. The first-order chi connectivity index (χ1) is 23.8. The molecule has 0 bridgehead atoms. The molecule has 1 heterocycles. The van der Waals surface area contributed by atoms with Gasteiger partial charge in [-0.15, -0.1) is 0 Å². The molecule has 274 valence electrons. The molecular weight excluding hydrogens is 705 g/mol. The molecule has 4 aromatic carbocycles. The minimum atomic E-state index is -5.39. The Hall–Kier alpha value is -4.21. The fourth-order valence-electron chi connectivity index (χ4n) is 5.68. The van der Waals surface area contributed by atoms with Crippen LogP contribution in [-0.2, 0) is 27.7 Å². The van der Waals surface area contributed by atoms with E-state index < -0.39 is 97.7 Å². The van der Waals surface area contributed by atoms with Crippen molar-refractivity contribution in [3.63, 3.8) is 0 Å². The molecule has 1 N–H and O–H groups in total. The lowest BCUT2D eigenvalue weighted by atomic mass is 9.85. The van der Waals surface area contributed by atoms with Crippen LogP contribution in [0.5, 0.6) is 5.75 Å². The summed E-state index contributed by atoms with van der Waals surface area (Å²) in [5.41, 5.74) is -7.08.